The molecule has 0 aliphatic carbocycles. The quantitative estimate of drug-likeness (QED) is 0.575. The Bertz CT molecular complexity index is 1140. The molecule has 31 heavy (non-hydrogen) atoms. The highest BCUT2D eigenvalue weighted by Gasteiger charge is 2.41. The Morgan fingerprint density at radius 3 is 2.29 bits per heavy atom. The minimum Gasteiger partial charge on any atom is -0.354 e. The average Bonchev–Trinajstić information content (AvgIpc) is 3.32. The van der Waals surface area contributed by atoms with Crippen molar-refractivity contribution >= 4 is 40.9 Å². The number of nitrogens with one attached hydrogen (secondary N) is 1. The lowest BCUT2D eigenvalue weighted by Crippen LogP contribution is -2.48. The molecule has 1 aliphatic heterocycles. The second-order valence-electron chi connectivity index (χ2n) is 7.14. The van der Waals surface area contributed by atoms with Crippen LogP contribution < -0.4 is 5.32 Å². The van der Waals surface area contributed by atoms with Crippen molar-refractivity contribution in [2.45, 2.75) is 19.4 Å². The van der Waals surface area contributed by atoms with E-state index < -0.39 is 23.8 Å². The molecule has 0 radical (unpaired) electrons. The highest BCUT2D eigenvalue weighted by atomic mass is 35.5. The number of aromatic nitrogens is 2. The molecule has 0 saturated carbocycles. The number of nitrogens with zero attached hydrogens (tertiary/aromatic N) is 3. The van der Waals surface area contributed by atoms with Crippen LogP contribution in [0.2, 0.25) is 10.0 Å². The maximum Gasteiger partial charge on any atom is 0.262 e. The summed E-state index contributed by atoms with van der Waals surface area (Å²) in [6.07, 6.45) is 4.18. The average molecular weight is 457 g/mol. The third kappa shape index (κ3) is 4.06. The van der Waals surface area contributed by atoms with Gasteiger partial charge >= 0.3 is 0 Å². The SMILES string of the molecule is CC(C(=O)NCCc1cnn(-c2ccccc2)c1)N1C(=O)c2cc(Cl)c(Cl)cc2C1=O. The molecule has 158 valence electrons. The second-order valence-corrected chi connectivity index (χ2v) is 7.95. The first-order chi connectivity index (χ1) is 14.9. The number of para-hydroxylation sites is 1. The van der Waals surface area contributed by atoms with E-state index in [4.69, 9.17) is 23.2 Å². The molecule has 0 spiro atoms. The van der Waals surface area contributed by atoms with E-state index in [2.05, 4.69) is 10.4 Å². The van der Waals surface area contributed by atoms with Crippen LogP contribution in [-0.4, -0.2) is 45.0 Å². The molecule has 1 atom stereocenters. The van der Waals surface area contributed by atoms with Crippen molar-refractivity contribution in [2.75, 3.05) is 6.54 Å². The third-order valence-electron chi connectivity index (χ3n) is 5.10. The van der Waals surface area contributed by atoms with E-state index in [1.54, 1.807) is 10.9 Å². The normalized spacial score (nSPS) is 14.0. The summed E-state index contributed by atoms with van der Waals surface area (Å²) in [4.78, 5) is 38.8. The van der Waals surface area contributed by atoms with Crippen molar-refractivity contribution in [1.29, 1.82) is 0 Å². The Balaban J connectivity index is 1.37. The van der Waals surface area contributed by atoms with Crippen molar-refractivity contribution in [3.63, 3.8) is 0 Å². The molecule has 1 N–H and O–H groups in total. The lowest BCUT2D eigenvalue weighted by Gasteiger charge is -2.21. The van der Waals surface area contributed by atoms with Gasteiger partial charge in [0.2, 0.25) is 5.91 Å². The lowest BCUT2D eigenvalue weighted by molar-refractivity contribution is -0.124. The second kappa shape index (κ2) is 8.53. The minimum atomic E-state index is -0.975. The molecule has 0 fully saturated rings. The number of imide groups is 1. The van der Waals surface area contributed by atoms with Crippen molar-refractivity contribution in [3.8, 4) is 5.69 Å². The van der Waals surface area contributed by atoms with Gasteiger partial charge in [-0.1, -0.05) is 41.4 Å². The van der Waals surface area contributed by atoms with Gasteiger partial charge in [0.05, 0.1) is 33.1 Å². The molecular weight excluding hydrogens is 439 g/mol. The van der Waals surface area contributed by atoms with Crippen LogP contribution in [0.25, 0.3) is 5.69 Å². The van der Waals surface area contributed by atoms with E-state index in [1.165, 1.54) is 19.1 Å². The third-order valence-corrected chi connectivity index (χ3v) is 5.82. The van der Waals surface area contributed by atoms with E-state index >= 15 is 0 Å². The standard InChI is InChI=1S/C22H18Cl2N4O3/c1-13(28-21(30)16-9-18(23)19(24)10-17(16)22(28)31)20(29)25-8-7-14-11-26-27(12-14)15-5-3-2-4-6-15/h2-6,9-13H,7-8H2,1H3,(H,25,29). The Kier molecular flexibility index (Phi) is 5.80. The summed E-state index contributed by atoms with van der Waals surface area (Å²) < 4.78 is 1.76. The molecule has 0 bridgehead atoms. The van der Waals surface area contributed by atoms with Crippen LogP contribution in [0, 0.1) is 0 Å². The Morgan fingerprint density at radius 2 is 1.68 bits per heavy atom. The van der Waals surface area contributed by atoms with Gasteiger partial charge in [-0.05, 0) is 43.2 Å². The number of carbonyl (C=O) groups excluding carboxylic acids is 3. The van der Waals surface area contributed by atoms with Gasteiger partial charge in [-0.15, -0.1) is 0 Å². The number of hydrogen-bond acceptors (Lipinski definition) is 4. The van der Waals surface area contributed by atoms with Gasteiger partial charge in [-0.25, -0.2) is 4.68 Å². The summed E-state index contributed by atoms with van der Waals surface area (Å²) >= 11 is 11.9. The first-order valence-corrected chi connectivity index (χ1v) is 10.4. The Labute approximate surface area is 188 Å². The monoisotopic (exact) mass is 456 g/mol. The van der Waals surface area contributed by atoms with Crippen LogP contribution in [0.1, 0.15) is 33.2 Å². The Hall–Kier alpha value is -3.16. The Morgan fingerprint density at radius 1 is 1.06 bits per heavy atom. The smallest absolute Gasteiger partial charge is 0.262 e. The van der Waals surface area contributed by atoms with Crippen LogP contribution in [0.4, 0.5) is 0 Å². The molecule has 1 aliphatic rings. The zero-order chi connectivity index (χ0) is 22.1. The molecule has 3 aromatic rings. The van der Waals surface area contributed by atoms with E-state index in [0.29, 0.717) is 13.0 Å². The fraction of sp³-hybridized carbons (Fsp3) is 0.182. The molecule has 3 amide bonds. The molecule has 7 nitrogen and oxygen atoms in total. The molecular formula is C22H18Cl2N4O3. The fourth-order valence-corrected chi connectivity index (χ4v) is 3.74. The molecule has 9 heteroatoms. The summed E-state index contributed by atoms with van der Waals surface area (Å²) in [6.45, 7) is 1.85. The predicted molar refractivity (Wildman–Crippen MR) is 117 cm³/mol. The van der Waals surface area contributed by atoms with Crippen molar-refractivity contribution < 1.29 is 14.4 Å². The van der Waals surface area contributed by atoms with E-state index in [-0.39, 0.29) is 21.2 Å². The zero-order valence-electron chi connectivity index (χ0n) is 16.5. The lowest BCUT2D eigenvalue weighted by atomic mass is 10.1. The zero-order valence-corrected chi connectivity index (χ0v) is 18.0. The summed E-state index contributed by atoms with van der Waals surface area (Å²) in [5.74, 6) is -1.56. The fourth-order valence-electron chi connectivity index (χ4n) is 3.41. The number of halogens is 2. The predicted octanol–water partition coefficient (Wildman–Crippen LogP) is 3.52. The van der Waals surface area contributed by atoms with Gasteiger partial charge in [-0.3, -0.25) is 19.3 Å². The molecule has 0 saturated heterocycles. The number of rotatable bonds is 6. The van der Waals surface area contributed by atoms with Crippen molar-refractivity contribution in [3.05, 3.63) is 81.6 Å². The van der Waals surface area contributed by atoms with Gasteiger partial charge in [0.25, 0.3) is 11.8 Å². The van der Waals surface area contributed by atoms with Crippen LogP contribution >= 0.6 is 23.2 Å². The maximum absolute atomic E-state index is 12.7. The highest BCUT2D eigenvalue weighted by Crippen LogP contribution is 2.32. The number of amides is 3. The summed E-state index contributed by atoms with van der Waals surface area (Å²) in [5.41, 5.74) is 2.18. The molecule has 2 heterocycles. The first kappa shape index (κ1) is 21.1. The van der Waals surface area contributed by atoms with Gasteiger partial charge in [0.1, 0.15) is 6.04 Å². The highest BCUT2D eigenvalue weighted by molar-refractivity contribution is 6.43. The van der Waals surface area contributed by atoms with Crippen LogP contribution in [0.5, 0.6) is 0 Å². The number of benzene rings is 2. The van der Waals surface area contributed by atoms with Crippen molar-refractivity contribution in [1.82, 2.24) is 20.0 Å². The summed E-state index contributed by atoms with van der Waals surface area (Å²) in [6, 6.07) is 11.4. The molecule has 4 rings (SSSR count). The van der Waals surface area contributed by atoms with Crippen LogP contribution in [0.3, 0.4) is 0 Å². The van der Waals surface area contributed by atoms with Crippen LogP contribution in [-0.2, 0) is 11.2 Å². The van der Waals surface area contributed by atoms with E-state index in [1.807, 2.05) is 36.5 Å². The molecule has 2 aromatic carbocycles. The maximum atomic E-state index is 12.7. The van der Waals surface area contributed by atoms with E-state index in [0.717, 1.165) is 16.2 Å². The molecule has 1 aromatic heterocycles. The topological polar surface area (TPSA) is 84.3 Å². The number of carbonyl (C=O) groups is 3. The largest absolute Gasteiger partial charge is 0.354 e. The number of fused-ring (bicyclic) bond motifs is 1. The summed E-state index contributed by atoms with van der Waals surface area (Å²) in [5, 5.41) is 7.45. The van der Waals surface area contributed by atoms with Gasteiger partial charge in [0.15, 0.2) is 0 Å². The number of hydrogen-bond donors (Lipinski definition) is 1. The van der Waals surface area contributed by atoms with E-state index in [9.17, 15) is 14.4 Å². The summed E-state index contributed by atoms with van der Waals surface area (Å²) in [7, 11) is 0. The first-order valence-electron chi connectivity index (χ1n) is 9.60. The minimum absolute atomic E-state index is 0.146. The van der Waals surface area contributed by atoms with Gasteiger partial charge in [-0.2, -0.15) is 5.10 Å². The van der Waals surface area contributed by atoms with Crippen molar-refractivity contribution in [2.24, 2.45) is 0 Å². The van der Waals surface area contributed by atoms with Gasteiger partial charge < -0.3 is 5.32 Å². The van der Waals surface area contributed by atoms with Gasteiger partial charge in [0, 0.05) is 12.7 Å². The van der Waals surface area contributed by atoms with Crippen LogP contribution in [0.15, 0.2) is 54.9 Å². The molecule has 1 unspecified atom stereocenters.